The standard InChI is InChI=1S/C11H15N3O6/c12-7(10(18)19)4-3-5(9(17)8(4)16)14-2-1-6(15)13-11(14)20/h1-2,4-5,7-9,16-17H,3,12H2,(H,18,19)(H,13,15,20)/t4-,5-,7?,8-,9+/m1/s1. The Hall–Kier alpha value is -1.97. The number of aromatic amines is 1. The summed E-state index contributed by atoms with van der Waals surface area (Å²) in [6.07, 6.45) is -1.49. The van der Waals surface area contributed by atoms with Gasteiger partial charge in [-0.05, 0) is 6.42 Å². The van der Waals surface area contributed by atoms with Crippen LogP contribution in [0.5, 0.6) is 0 Å². The second-order valence-electron chi connectivity index (χ2n) is 4.83. The maximum atomic E-state index is 11.7. The third-order valence-electron chi connectivity index (χ3n) is 3.65. The fraction of sp³-hybridized carbons (Fsp3) is 0.545. The molecule has 0 bridgehead atoms. The van der Waals surface area contributed by atoms with Gasteiger partial charge in [-0.15, -0.1) is 0 Å². The van der Waals surface area contributed by atoms with E-state index in [2.05, 4.69) is 0 Å². The van der Waals surface area contributed by atoms with Gasteiger partial charge in [-0.1, -0.05) is 0 Å². The molecule has 1 unspecified atom stereocenters. The second-order valence-corrected chi connectivity index (χ2v) is 4.83. The number of H-pyrrole nitrogens is 1. The highest BCUT2D eigenvalue weighted by Gasteiger charge is 2.46. The summed E-state index contributed by atoms with van der Waals surface area (Å²) in [5.41, 5.74) is 4.14. The second kappa shape index (κ2) is 5.19. The third kappa shape index (κ3) is 2.38. The number of rotatable bonds is 3. The molecule has 0 amide bonds. The number of nitrogens with two attached hydrogens (primary N) is 1. The fourth-order valence-corrected chi connectivity index (χ4v) is 2.55. The lowest BCUT2D eigenvalue weighted by Gasteiger charge is -2.19. The first kappa shape index (κ1) is 14.4. The summed E-state index contributed by atoms with van der Waals surface area (Å²) >= 11 is 0. The van der Waals surface area contributed by atoms with E-state index in [1.54, 1.807) is 0 Å². The predicted octanol–water partition coefficient (Wildman–Crippen LogP) is -2.77. The minimum absolute atomic E-state index is 0.0156. The largest absolute Gasteiger partial charge is 0.480 e. The molecular weight excluding hydrogens is 270 g/mol. The molecule has 9 heteroatoms. The van der Waals surface area contributed by atoms with Crippen LogP contribution in [0.15, 0.2) is 21.9 Å². The van der Waals surface area contributed by atoms with Gasteiger partial charge in [0.25, 0.3) is 5.56 Å². The summed E-state index contributed by atoms with van der Waals surface area (Å²) < 4.78 is 1.06. The number of hydrogen-bond donors (Lipinski definition) is 5. The summed E-state index contributed by atoms with van der Waals surface area (Å²) in [5, 5.41) is 28.7. The zero-order valence-corrected chi connectivity index (χ0v) is 10.3. The summed E-state index contributed by atoms with van der Waals surface area (Å²) in [6, 6.07) is -1.09. The van der Waals surface area contributed by atoms with E-state index in [1.165, 1.54) is 6.20 Å². The molecule has 0 spiro atoms. The highest BCUT2D eigenvalue weighted by Crippen LogP contribution is 2.35. The predicted molar refractivity (Wildman–Crippen MR) is 66.1 cm³/mol. The first-order valence-corrected chi connectivity index (χ1v) is 5.99. The van der Waals surface area contributed by atoms with Crippen molar-refractivity contribution >= 4 is 5.97 Å². The van der Waals surface area contributed by atoms with Crippen molar-refractivity contribution in [2.45, 2.75) is 30.7 Å². The monoisotopic (exact) mass is 285 g/mol. The lowest BCUT2D eigenvalue weighted by atomic mass is 9.96. The van der Waals surface area contributed by atoms with Crippen LogP contribution in [0.25, 0.3) is 0 Å². The lowest BCUT2D eigenvalue weighted by Crippen LogP contribution is -2.43. The molecule has 0 aliphatic heterocycles. The molecule has 1 aromatic heterocycles. The van der Waals surface area contributed by atoms with Gasteiger partial charge in [0.2, 0.25) is 0 Å². The molecule has 2 rings (SSSR count). The minimum Gasteiger partial charge on any atom is -0.480 e. The average Bonchev–Trinajstić information content (AvgIpc) is 2.66. The van der Waals surface area contributed by atoms with Crippen molar-refractivity contribution in [2.75, 3.05) is 0 Å². The summed E-state index contributed by atoms with van der Waals surface area (Å²) in [4.78, 5) is 35.5. The van der Waals surface area contributed by atoms with Crippen molar-refractivity contribution in [1.29, 1.82) is 0 Å². The van der Waals surface area contributed by atoms with E-state index >= 15 is 0 Å². The summed E-state index contributed by atoms with van der Waals surface area (Å²) in [6.45, 7) is 0. The van der Waals surface area contributed by atoms with Crippen LogP contribution in [0.2, 0.25) is 0 Å². The van der Waals surface area contributed by atoms with E-state index in [0.29, 0.717) is 0 Å². The van der Waals surface area contributed by atoms with Crippen LogP contribution in [-0.4, -0.2) is 49.1 Å². The average molecular weight is 285 g/mol. The molecule has 1 fully saturated rings. The van der Waals surface area contributed by atoms with E-state index in [-0.39, 0.29) is 6.42 Å². The van der Waals surface area contributed by atoms with Crippen molar-refractivity contribution in [2.24, 2.45) is 11.7 Å². The number of carboxylic acids is 1. The molecule has 0 aromatic carbocycles. The molecule has 1 aliphatic rings. The maximum absolute atomic E-state index is 11.7. The normalized spacial score (nSPS) is 31.1. The number of carbonyl (C=O) groups is 1. The number of aliphatic hydroxyl groups excluding tert-OH is 2. The maximum Gasteiger partial charge on any atom is 0.328 e. The number of aromatic nitrogens is 2. The molecule has 6 N–H and O–H groups in total. The van der Waals surface area contributed by atoms with Gasteiger partial charge in [0.1, 0.15) is 12.1 Å². The van der Waals surface area contributed by atoms with Crippen LogP contribution in [0.4, 0.5) is 0 Å². The Morgan fingerprint density at radius 2 is 2.05 bits per heavy atom. The van der Waals surface area contributed by atoms with Crippen molar-refractivity contribution in [1.82, 2.24) is 9.55 Å². The van der Waals surface area contributed by atoms with Crippen LogP contribution in [0.3, 0.4) is 0 Å². The van der Waals surface area contributed by atoms with Gasteiger partial charge >= 0.3 is 11.7 Å². The van der Waals surface area contributed by atoms with Gasteiger partial charge in [-0.2, -0.15) is 0 Å². The zero-order valence-electron chi connectivity index (χ0n) is 10.3. The molecule has 1 aliphatic carbocycles. The van der Waals surface area contributed by atoms with Crippen molar-refractivity contribution in [3.05, 3.63) is 33.1 Å². The van der Waals surface area contributed by atoms with Crippen LogP contribution in [-0.2, 0) is 4.79 Å². The number of nitrogens with one attached hydrogen (secondary N) is 1. The Morgan fingerprint density at radius 3 is 2.60 bits per heavy atom. The molecule has 1 saturated carbocycles. The molecule has 9 nitrogen and oxygen atoms in total. The molecule has 0 radical (unpaired) electrons. The van der Waals surface area contributed by atoms with E-state index in [4.69, 9.17) is 10.8 Å². The highest BCUT2D eigenvalue weighted by molar-refractivity contribution is 5.73. The van der Waals surface area contributed by atoms with Gasteiger partial charge in [-0.25, -0.2) is 4.79 Å². The molecular formula is C11H15N3O6. The number of nitrogens with zero attached hydrogens (tertiary/aromatic N) is 1. The highest BCUT2D eigenvalue weighted by atomic mass is 16.4. The quantitative estimate of drug-likeness (QED) is 0.402. The number of aliphatic hydroxyl groups is 2. The Labute approximate surface area is 112 Å². The van der Waals surface area contributed by atoms with E-state index in [0.717, 1.165) is 10.6 Å². The van der Waals surface area contributed by atoms with E-state index in [9.17, 15) is 24.6 Å². The molecule has 20 heavy (non-hydrogen) atoms. The Morgan fingerprint density at radius 1 is 1.40 bits per heavy atom. The van der Waals surface area contributed by atoms with Crippen molar-refractivity contribution < 1.29 is 20.1 Å². The minimum atomic E-state index is -1.36. The van der Waals surface area contributed by atoms with Gasteiger partial charge in [0.15, 0.2) is 0 Å². The van der Waals surface area contributed by atoms with E-state index < -0.39 is 47.4 Å². The van der Waals surface area contributed by atoms with Gasteiger partial charge in [0.05, 0.1) is 12.1 Å². The molecule has 1 aromatic rings. The lowest BCUT2D eigenvalue weighted by molar-refractivity contribution is -0.141. The molecule has 110 valence electrons. The number of carboxylic acid groups (broad SMARTS) is 1. The van der Waals surface area contributed by atoms with Gasteiger partial charge in [0, 0.05) is 18.2 Å². The first-order chi connectivity index (χ1) is 9.32. The SMILES string of the molecule is NC(C(=O)O)[C@H]1C[C@@H](n2ccc(=O)[nH]c2=O)[C@H](O)[C@@H]1O. The van der Waals surface area contributed by atoms with Crippen LogP contribution >= 0.6 is 0 Å². The topological polar surface area (TPSA) is 159 Å². The number of hydrogen-bond acceptors (Lipinski definition) is 6. The molecule has 1 heterocycles. The van der Waals surface area contributed by atoms with Gasteiger partial charge in [-0.3, -0.25) is 19.1 Å². The van der Waals surface area contributed by atoms with Crippen molar-refractivity contribution in [3.63, 3.8) is 0 Å². The smallest absolute Gasteiger partial charge is 0.328 e. The van der Waals surface area contributed by atoms with Crippen molar-refractivity contribution in [3.8, 4) is 0 Å². The van der Waals surface area contributed by atoms with Crippen LogP contribution in [0.1, 0.15) is 12.5 Å². The fourth-order valence-electron chi connectivity index (χ4n) is 2.55. The molecule has 0 saturated heterocycles. The third-order valence-corrected chi connectivity index (χ3v) is 3.65. The van der Waals surface area contributed by atoms with Crippen LogP contribution < -0.4 is 17.0 Å². The van der Waals surface area contributed by atoms with Gasteiger partial charge < -0.3 is 21.1 Å². The summed E-state index contributed by atoms with van der Waals surface area (Å²) in [5.74, 6) is -2.18. The van der Waals surface area contributed by atoms with Crippen LogP contribution in [0, 0.1) is 5.92 Å². The van der Waals surface area contributed by atoms with E-state index in [1.807, 2.05) is 4.98 Å². The Bertz CT molecular complexity index is 623. The number of aliphatic carboxylic acids is 1. The first-order valence-electron chi connectivity index (χ1n) is 5.99. The molecule has 5 atom stereocenters. The Kier molecular flexibility index (Phi) is 3.75. The Balaban J connectivity index is 2.33. The zero-order chi connectivity index (χ0) is 15.0. The summed E-state index contributed by atoms with van der Waals surface area (Å²) in [7, 11) is 0.